The van der Waals surface area contributed by atoms with E-state index in [4.69, 9.17) is 5.73 Å². The van der Waals surface area contributed by atoms with Gasteiger partial charge in [-0.25, -0.2) is 4.98 Å². The van der Waals surface area contributed by atoms with E-state index in [9.17, 15) is 4.79 Å². The molecule has 0 spiro atoms. The highest BCUT2D eigenvalue weighted by Gasteiger charge is 2.36. The van der Waals surface area contributed by atoms with E-state index in [2.05, 4.69) is 36.4 Å². The monoisotopic (exact) mass is 296 g/mol. The zero-order chi connectivity index (χ0) is 14.8. The van der Waals surface area contributed by atoms with Crippen molar-refractivity contribution in [3.8, 4) is 0 Å². The zero-order valence-corrected chi connectivity index (χ0v) is 13.3. The maximum Gasteiger partial charge on any atom is 0.265 e. The van der Waals surface area contributed by atoms with Gasteiger partial charge in [-0.1, -0.05) is 38.5 Å². The number of amides is 1. The lowest BCUT2D eigenvalue weighted by atomic mass is 9.87. The van der Waals surface area contributed by atoms with Crippen LogP contribution in [-0.4, -0.2) is 23.5 Å². The molecule has 1 aromatic rings. The molecule has 1 heterocycles. The minimum absolute atomic E-state index is 0.0930. The Bertz CT molecular complexity index is 484. The first kappa shape index (κ1) is 15.1. The summed E-state index contributed by atoms with van der Waals surface area (Å²) >= 11 is 1.33. The van der Waals surface area contributed by atoms with Crippen LogP contribution in [0, 0.1) is 5.41 Å². The summed E-state index contributed by atoms with van der Waals surface area (Å²) in [7, 11) is 0. The van der Waals surface area contributed by atoms with Crippen LogP contribution < -0.4 is 16.4 Å². The number of nitrogens with zero attached hydrogens (tertiary/aromatic N) is 1. The molecule has 0 saturated heterocycles. The van der Waals surface area contributed by atoms with Crippen LogP contribution in [0.2, 0.25) is 0 Å². The number of anilines is 2. The Kier molecular flexibility index (Phi) is 4.52. The third-order valence-electron chi connectivity index (χ3n) is 3.95. The minimum atomic E-state index is -0.0930. The highest BCUT2D eigenvalue weighted by molar-refractivity contribution is 7.18. The normalized spacial score (nSPS) is 20.9. The Morgan fingerprint density at radius 2 is 2.30 bits per heavy atom. The van der Waals surface area contributed by atoms with Crippen molar-refractivity contribution in [3.63, 3.8) is 0 Å². The third-order valence-corrected chi connectivity index (χ3v) is 4.98. The first-order valence-corrected chi connectivity index (χ1v) is 8.06. The first-order valence-electron chi connectivity index (χ1n) is 7.25. The minimum Gasteiger partial charge on any atom is -0.382 e. The number of aromatic nitrogens is 1. The van der Waals surface area contributed by atoms with E-state index in [1.807, 2.05) is 0 Å². The molecule has 2 rings (SSSR count). The molecule has 1 aliphatic rings. The van der Waals surface area contributed by atoms with Gasteiger partial charge in [-0.15, -0.1) is 0 Å². The predicted molar refractivity (Wildman–Crippen MR) is 84.2 cm³/mol. The van der Waals surface area contributed by atoms with Crippen LogP contribution in [0.1, 0.15) is 56.1 Å². The second kappa shape index (κ2) is 5.99. The molecular formula is C14H24N4OS. The number of nitrogens with one attached hydrogen (secondary N) is 2. The number of thiazole rings is 1. The van der Waals surface area contributed by atoms with Gasteiger partial charge in [0, 0.05) is 12.6 Å². The maximum atomic E-state index is 12.3. The van der Waals surface area contributed by atoms with Crippen LogP contribution in [0.3, 0.4) is 0 Å². The summed E-state index contributed by atoms with van der Waals surface area (Å²) in [4.78, 5) is 17.1. The first-order chi connectivity index (χ1) is 9.44. The van der Waals surface area contributed by atoms with Crippen molar-refractivity contribution >= 4 is 28.2 Å². The van der Waals surface area contributed by atoms with Crippen LogP contribution in [-0.2, 0) is 0 Å². The molecule has 1 fully saturated rings. The summed E-state index contributed by atoms with van der Waals surface area (Å²) in [5.41, 5.74) is 6.02. The molecule has 1 atom stereocenters. The molecule has 112 valence electrons. The Balaban J connectivity index is 2.04. The van der Waals surface area contributed by atoms with E-state index in [-0.39, 0.29) is 17.4 Å². The van der Waals surface area contributed by atoms with Crippen molar-refractivity contribution in [1.82, 2.24) is 10.3 Å². The average Bonchev–Trinajstić information content (AvgIpc) is 2.90. The van der Waals surface area contributed by atoms with E-state index < -0.39 is 0 Å². The van der Waals surface area contributed by atoms with Crippen molar-refractivity contribution < 1.29 is 4.79 Å². The number of carbonyl (C=O) groups excluding carboxylic acids is 1. The number of nitrogen functional groups attached to an aromatic ring is 1. The van der Waals surface area contributed by atoms with Gasteiger partial charge in [-0.2, -0.15) is 0 Å². The van der Waals surface area contributed by atoms with Gasteiger partial charge in [0.25, 0.3) is 5.91 Å². The van der Waals surface area contributed by atoms with Crippen molar-refractivity contribution in [2.45, 2.75) is 52.5 Å². The molecule has 5 nitrogen and oxygen atoms in total. The lowest BCUT2D eigenvalue weighted by Gasteiger charge is -2.27. The van der Waals surface area contributed by atoms with Crippen molar-refractivity contribution in [2.75, 3.05) is 17.6 Å². The lowest BCUT2D eigenvalue weighted by Crippen LogP contribution is -2.41. The highest BCUT2D eigenvalue weighted by atomic mass is 32.1. The summed E-state index contributed by atoms with van der Waals surface area (Å²) in [6.45, 7) is 7.33. The number of hydrogen-bond acceptors (Lipinski definition) is 5. The molecule has 1 unspecified atom stereocenters. The van der Waals surface area contributed by atoms with Gasteiger partial charge in [0.1, 0.15) is 10.7 Å². The SMILES string of the molecule is CCCNc1nc(N)c(C(=O)NC2CCCC2(C)C)s1. The van der Waals surface area contributed by atoms with Crippen molar-refractivity contribution in [2.24, 2.45) is 5.41 Å². The fourth-order valence-electron chi connectivity index (χ4n) is 2.62. The smallest absolute Gasteiger partial charge is 0.265 e. The van der Waals surface area contributed by atoms with Crippen molar-refractivity contribution in [1.29, 1.82) is 0 Å². The van der Waals surface area contributed by atoms with E-state index in [0.29, 0.717) is 10.7 Å². The number of hydrogen-bond donors (Lipinski definition) is 3. The summed E-state index contributed by atoms with van der Waals surface area (Å²) in [5.74, 6) is 0.228. The maximum absolute atomic E-state index is 12.3. The summed E-state index contributed by atoms with van der Waals surface area (Å²) in [6.07, 6.45) is 4.37. The second-order valence-electron chi connectivity index (χ2n) is 6.07. The highest BCUT2D eigenvalue weighted by Crippen LogP contribution is 2.37. The van der Waals surface area contributed by atoms with Crippen molar-refractivity contribution in [3.05, 3.63) is 4.88 Å². The van der Waals surface area contributed by atoms with Crippen LogP contribution in [0.5, 0.6) is 0 Å². The fraction of sp³-hybridized carbons (Fsp3) is 0.714. The van der Waals surface area contributed by atoms with Gasteiger partial charge in [-0.05, 0) is 24.7 Å². The van der Waals surface area contributed by atoms with Gasteiger partial charge in [0.2, 0.25) is 0 Å². The lowest BCUT2D eigenvalue weighted by molar-refractivity contribution is 0.0915. The Morgan fingerprint density at radius 1 is 1.55 bits per heavy atom. The van der Waals surface area contributed by atoms with Crippen LogP contribution in [0.15, 0.2) is 0 Å². The molecule has 1 saturated carbocycles. The Morgan fingerprint density at radius 3 is 2.90 bits per heavy atom. The second-order valence-corrected chi connectivity index (χ2v) is 7.07. The van der Waals surface area contributed by atoms with E-state index in [1.54, 1.807) is 0 Å². The topological polar surface area (TPSA) is 80.0 Å². The quantitative estimate of drug-likeness (QED) is 0.780. The fourth-order valence-corrected chi connectivity index (χ4v) is 3.43. The van der Waals surface area contributed by atoms with Gasteiger partial charge in [-0.3, -0.25) is 4.79 Å². The molecule has 0 bridgehead atoms. The van der Waals surface area contributed by atoms with Gasteiger partial charge in [0.15, 0.2) is 5.13 Å². The summed E-state index contributed by atoms with van der Waals surface area (Å²) in [5, 5.41) is 7.01. The van der Waals surface area contributed by atoms with Crippen LogP contribution in [0.25, 0.3) is 0 Å². The molecule has 1 aromatic heterocycles. The average molecular weight is 296 g/mol. The summed E-state index contributed by atoms with van der Waals surface area (Å²) < 4.78 is 0. The van der Waals surface area contributed by atoms with Gasteiger partial charge < -0.3 is 16.4 Å². The standard InChI is InChI=1S/C14H24N4OS/c1-4-8-16-13-18-11(15)10(20-13)12(19)17-9-6-5-7-14(9,2)3/h9H,4-8,15H2,1-3H3,(H,16,18)(H,17,19). The zero-order valence-electron chi connectivity index (χ0n) is 12.5. The molecule has 20 heavy (non-hydrogen) atoms. The largest absolute Gasteiger partial charge is 0.382 e. The van der Waals surface area contributed by atoms with Crippen LogP contribution in [0.4, 0.5) is 10.9 Å². The van der Waals surface area contributed by atoms with Crippen LogP contribution >= 0.6 is 11.3 Å². The molecule has 4 N–H and O–H groups in total. The van der Waals surface area contributed by atoms with E-state index >= 15 is 0 Å². The van der Waals surface area contributed by atoms with Gasteiger partial charge in [0.05, 0.1) is 0 Å². The Hall–Kier alpha value is -1.30. The molecule has 0 aromatic carbocycles. The Labute approximate surface area is 124 Å². The number of rotatable bonds is 5. The third kappa shape index (κ3) is 3.23. The number of carbonyl (C=O) groups is 1. The summed E-state index contributed by atoms with van der Waals surface area (Å²) in [6, 6.07) is 0.226. The van der Waals surface area contributed by atoms with E-state index in [1.165, 1.54) is 17.8 Å². The molecular weight excluding hydrogens is 272 g/mol. The molecule has 1 aliphatic carbocycles. The molecule has 0 aliphatic heterocycles. The van der Waals surface area contributed by atoms with Gasteiger partial charge >= 0.3 is 0 Å². The molecule has 0 radical (unpaired) electrons. The molecule has 6 heteroatoms. The molecule has 1 amide bonds. The predicted octanol–water partition coefficient (Wildman–Crippen LogP) is 2.86. The van der Waals surface area contributed by atoms with E-state index in [0.717, 1.165) is 30.9 Å². The number of nitrogens with two attached hydrogens (primary N) is 1.